The Balaban J connectivity index is 2.00. The maximum Gasteiger partial charge on any atom is 0.248 e. The Morgan fingerprint density at radius 2 is 1.56 bits per heavy atom. The minimum atomic E-state index is -2.01. The van der Waals surface area contributed by atoms with Gasteiger partial charge in [0.1, 0.15) is 5.82 Å². The van der Waals surface area contributed by atoms with Crippen LogP contribution in [0.25, 0.3) is 22.3 Å². The van der Waals surface area contributed by atoms with E-state index < -0.39 is 17.0 Å². The summed E-state index contributed by atoms with van der Waals surface area (Å²) in [6.07, 6.45) is 1.64. The second-order valence-corrected chi connectivity index (χ2v) is 6.34. The second kappa shape index (κ2) is 6.84. The molecule has 2 aromatic carbocycles. The molecule has 1 aromatic heterocycles. The largest absolute Gasteiger partial charge is 0.383 e. The average molecular weight is 353 g/mol. The number of primary amides is 1. The van der Waals surface area contributed by atoms with E-state index in [2.05, 4.69) is 4.98 Å². The number of nitrogen functional groups attached to an aromatic ring is 1. The van der Waals surface area contributed by atoms with E-state index in [1.165, 1.54) is 0 Å². The molecule has 25 heavy (non-hydrogen) atoms. The van der Waals surface area contributed by atoms with E-state index >= 15 is 0 Å². The van der Waals surface area contributed by atoms with Crippen molar-refractivity contribution in [1.82, 2.24) is 4.98 Å². The molecule has 0 radical (unpaired) electrons. The SMILES string of the molecule is NC(=O)c1ccc(-c2cc(-c3ccc(S(=O)O)cc3)cnc2N)cc1. The molecule has 1 amide bonds. The van der Waals surface area contributed by atoms with Gasteiger partial charge in [-0.1, -0.05) is 24.3 Å². The molecule has 0 aliphatic rings. The smallest absolute Gasteiger partial charge is 0.248 e. The fourth-order valence-corrected chi connectivity index (χ4v) is 2.81. The van der Waals surface area contributed by atoms with E-state index in [4.69, 9.17) is 16.0 Å². The van der Waals surface area contributed by atoms with E-state index in [1.54, 1.807) is 54.7 Å². The van der Waals surface area contributed by atoms with Crippen LogP contribution in [-0.4, -0.2) is 19.7 Å². The van der Waals surface area contributed by atoms with Crippen LogP contribution in [0.5, 0.6) is 0 Å². The van der Waals surface area contributed by atoms with Gasteiger partial charge in [-0.15, -0.1) is 0 Å². The molecule has 0 saturated carbocycles. The van der Waals surface area contributed by atoms with Crippen LogP contribution in [0.1, 0.15) is 10.4 Å². The van der Waals surface area contributed by atoms with Gasteiger partial charge in [-0.05, 0) is 41.5 Å². The maximum atomic E-state index is 11.2. The lowest BCUT2D eigenvalue weighted by Gasteiger charge is -2.09. The highest BCUT2D eigenvalue weighted by molar-refractivity contribution is 7.79. The molecule has 3 rings (SSSR count). The molecule has 5 N–H and O–H groups in total. The molecule has 0 saturated heterocycles. The summed E-state index contributed by atoms with van der Waals surface area (Å²) in [5, 5.41) is 0. The summed E-state index contributed by atoms with van der Waals surface area (Å²) in [5.41, 5.74) is 14.8. The molecular formula is C18H15N3O3S. The molecule has 126 valence electrons. The summed E-state index contributed by atoms with van der Waals surface area (Å²) in [7, 11) is 0. The third kappa shape index (κ3) is 3.57. The van der Waals surface area contributed by atoms with E-state index in [9.17, 15) is 9.00 Å². The lowest BCUT2D eigenvalue weighted by Crippen LogP contribution is -2.10. The summed E-state index contributed by atoms with van der Waals surface area (Å²) in [6.45, 7) is 0. The van der Waals surface area contributed by atoms with Crippen molar-refractivity contribution in [3.8, 4) is 22.3 Å². The molecule has 0 fully saturated rings. The van der Waals surface area contributed by atoms with Crippen LogP contribution < -0.4 is 11.5 Å². The number of aromatic nitrogens is 1. The Morgan fingerprint density at radius 1 is 0.960 bits per heavy atom. The standard InChI is InChI=1S/C18H15N3O3S/c19-17-16(12-1-3-13(4-2-12)18(20)22)9-14(10-21-17)11-5-7-15(8-6-11)25(23)24/h1-10H,(H2,19,21)(H2,20,22)(H,23,24). The number of amides is 1. The number of hydrogen-bond donors (Lipinski definition) is 3. The first-order valence-corrected chi connectivity index (χ1v) is 8.43. The number of carbonyl (C=O) groups is 1. The topological polar surface area (TPSA) is 119 Å². The van der Waals surface area contributed by atoms with E-state index in [0.29, 0.717) is 16.3 Å². The first-order valence-electron chi connectivity index (χ1n) is 7.33. The normalized spacial score (nSPS) is 11.9. The summed E-state index contributed by atoms with van der Waals surface area (Å²) >= 11 is -2.01. The van der Waals surface area contributed by atoms with Gasteiger partial charge in [-0.25, -0.2) is 9.19 Å². The van der Waals surface area contributed by atoms with Crippen LogP contribution in [-0.2, 0) is 11.1 Å². The number of nitrogens with two attached hydrogens (primary N) is 2. The van der Waals surface area contributed by atoms with Crippen molar-refractivity contribution in [1.29, 1.82) is 0 Å². The summed E-state index contributed by atoms with van der Waals surface area (Å²) in [4.78, 5) is 15.7. The molecule has 3 aromatic rings. The van der Waals surface area contributed by atoms with Gasteiger partial charge in [0.25, 0.3) is 0 Å². The van der Waals surface area contributed by atoms with Crippen LogP contribution in [0.3, 0.4) is 0 Å². The van der Waals surface area contributed by atoms with Gasteiger partial charge in [-0.2, -0.15) is 0 Å². The highest BCUT2D eigenvalue weighted by Gasteiger charge is 2.09. The molecular weight excluding hydrogens is 338 g/mol. The predicted octanol–water partition coefficient (Wildman–Crippen LogP) is 2.68. The summed E-state index contributed by atoms with van der Waals surface area (Å²) in [5.74, 6) is -0.128. The van der Waals surface area contributed by atoms with Gasteiger partial charge >= 0.3 is 0 Å². The van der Waals surface area contributed by atoms with E-state index in [-0.39, 0.29) is 0 Å². The van der Waals surface area contributed by atoms with Crippen LogP contribution in [0.15, 0.2) is 65.7 Å². The number of benzene rings is 2. The number of anilines is 1. The van der Waals surface area contributed by atoms with Gasteiger partial charge < -0.3 is 16.0 Å². The Morgan fingerprint density at radius 3 is 2.12 bits per heavy atom. The number of pyridine rings is 1. The molecule has 1 atom stereocenters. The second-order valence-electron chi connectivity index (χ2n) is 5.37. The predicted molar refractivity (Wildman–Crippen MR) is 97.1 cm³/mol. The summed E-state index contributed by atoms with van der Waals surface area (Å²) < 4.78 is 20.1. The molecule has 0 aliphatic heterocycles. The lowest BCUT2D eigenvalue weighted by molar-refractivity contribution is 0.100. The molecule has 1 heterocycles. The van der Waals surface area contributed by atoms with Gasteiger partial charge in [-0.3, -0.25) is 4.79 Å². The molecule has 0 spiro atoms. The Labute approximate surface area is 146 Å². The zero-order valence-corrected chi connectivity index (χ0v) is 13.9. The number of carbonyl (C=O) groups excluding carboxylic acids is 1. The first kappa shape index (κ1) is 16.8. The highest BCUT2D eigenvalue weighted by atomic mass is 32.2. The van der Waals surface area contributed by atoms with Crippen molar-refractivity contribution in [2.24, 2.45) is 5.73 Å². The monoisotopic (exact) mass is 353 g/mol. The van der Waals surface area contributed by atoms with Crippen molar-refractivity contribution >= 4 is 22.8 Å². The average Bonchev–Trinajstić information content (AvgIpc) is 2.62. The Hall–Kier alpha value is -3.03. The molecule has 0 aliphatic carbocycles. The van der Waals surface area contributed by atoms with Crippen LogP contribution in [0.2, 0.25) is 0 Å². The van der Waals surface area contributed by atoms with Crippen LogP contribution in [0.4, 0.5) is 5.82 Å². The Kier molecular flexibility index (Phi) is 4.60. The van der Waals surface area contributed by atoms with Gasteiger partial charge in [0.15, 0.2) is 11.1 Å². The zero-order chi connectivity index (χ0) is 18.0. The molecule has 1 unspecified atom stereocenters. The van der Waals surface area contributed by atoms with Crippen LogP contribution in [0, 0.1) is 0 Å². The first-order chi connectivity index (χ1) is 12.0. The quantitative estimate of drug-likeness (QED) is 0.623. The Bertz CT molecular complexity index is 954. The lowest BCUT2D eigenvalue weighted by atomic mass is 10.00. The molecule has 0 bridgehead atoms. The number of nitrogens with zero attached hydrogens (tertiary/aromatic N) is 1. The summed E-state index contributed by atoms with van der Waals surface area (Å²) in [6, 6.07) is 15.3. The third-order valence-electron chi connectivity index (χ3n) is 3.79. The van der Waals surface area contributed by atoms with Crippen molar-refractivity contribution in [2.45, 2.75) is 4.90 Å². The van der Waals surface area contributed by atoms with Crippen molar-refractivity contribution < 1.29 is 13.6 Å². The van der Waals surface area contributed by atoms with Crippen LogP contribution >= 0.6 is 0 Å². The fraction of sp³-hybridized carbons (Fsp3) is 0. The highest BCUT2D eigenvalue weighted by Crippen LogP contribution is 2.30. The van der Waals surface area contributed by atoms with Crippen molar-refractivity contribution in [3.63, 3.8) is 0 Å². The molecule has 7 heteroatoms. The maximum absolute atomic E-state index is 11.2. The van der Waals surface area contributed by atoms with Gasteiger partial charge in [0.05, 0.1) is 4.90 Å². The van der Waals surface area contributed by atoms with E-state index in [0.717, 1.165) is 22.3 Å². The zero-order valence-electron chi connectivity index (χ0n) is 13.0. The minimum Gasteiger partial charge on any atom is -0.383 e. The van der Waals surface area contributed by atoms with E-state index in [1.807, 2.05) is 6.07 Å². The van der Waals surface area contributed by atoms with Crippen molar-refractivity contribution in [3.05, 3.63) is 66.4 Å². The third-order valence-corrected chi connectivity index (χ3v) is 4.46. The number of hydrogen-bond acceptors (Lipinski definition) is 4. The van der Waals surface area contributed by atoms with Crippen molar-refractivity contribution in [2.75, 3.05) is 5.73 Å². The minimum absolute atomic E-state index is 0.328. The van der Waals surface area contributed by atoms with Gasteiger partial charge in [0.2, 0.25) is 5.91 Å². The van der Waals surface area contributed by atoms with Gasteiger partial charge in [0, 0.05) is 22.9 Å². The molecule has 6 nitrogen and oxygen atoms in total. The fourth-order valence-electron chi connectivity index (χ4n) is 2.44. The number of rotatable bonds is 4.